The molecule has 5 nitrogen and oxygen atoms in total. The summed E-state index contributed by atoms with van der Waals surface area (Å²) < 4.78 is 0.257. The monoisotopic (exact) mass is 516 g/mol. The number of thioether (sulfide) groups is 1. The van der Waals surface area contributed by atoms with Gasteiger partial charge < -0.3 is 15.5 Å². The van der Waals surface area contributed by atoms with Crippen LogP contribution in [-0.2, 0) is 17.6 Å². The van der Waals surface area contributed by atoms with Crippen molar-refractivity contribution in [3.8, 4) is 0 Å². The quantitative estimate of drug-likeness (QED) is 0.359. The Bertz CT molecular complexity index is 689. The molecule has 0 saturated carbocycles. The highest BCUT2D eigenvalue weighted by Crippen LogP contribution is 2.36. The molecular weight excluding hydrogens is 483 g/mol. The van der Waals surface area contributed by atoms with Gasteiger partial charge in [0.05, 0.1) is 0 Å². The van der Waals surface area contributed by atoms with Gasteiger partial charge in [0, 0.05) is 31.4 Å². The normalized spacial score (nSPS) is 24.1. The van der Waals surface area contributed by atoms with E-state index in [4.69, 9.17) is 0 Å². The van der Waals surface area contributed by atoms with Gasteiger partial charge in [0.1, 0.15) is 6.54 Å². The fourth-order valence-corrected chi connectivity index (χ4v) is 4.95. The number of aryl methyl sites for hydroxylation is 1. The molecule has 1 aliphatic heterocycles. The zero-order valence-electron chi connectivity index (χ0n) is 17.2. The molecule has 1 heterocycles. The van der Waals surface area contributed by atoms with Crippen molar-refractivity contribution in [3.63, 3.8) is 0 Å². The third-order valence-electron chi connectivity index (χ3n) is 5.49. The Morgan fingerprint density at radius 1 is 1.32 bits per heavy atom. The maximum absolute atomic E-state index is 12.0. The van der Waals surface area contributed by atoms with Crippen LogP contribution < -0.4 is 10.6 Å². The molecule has 2 unspecified atom stereocenters. The first kappa shape index (κ1) is 23.3. The summed E-state index contributed by atoms with van der Waals surface area (Å²) in [5, 5.41) is 7.11. The lowest BCUT2D eigenvalue weighted by Crippen LogP contribution is -2.49. The summed E-state index contributed by atoms with van der Waals surface area (Å²) in [6.07, 6.45) is 5.69. The SMILES string of the molecule is CN(C)C(=O)CN=C(NCC1(C)CCCS1)NC1CCc2ccccc2C1.I. The average molecular weight is 516 g/mol. The van der Waals surface area contributed by atoms with Gasteiger partial charge in [-0.15, -0.1) is 24.0 Å². The topological polar surface area (TPSA) is 56.7 Å². The summed E-state index contributed by atoms with van der Waals surface area (Å²) in [5.74, 6) is 2.02. The molecule has 2 N–H and O–H groups in total. The Kier molecular flexibility index (Phi) is 8.92. The number of rotatable bonds is 5. The van der Waals surface area contributed by atoms with E-state index in [9.17, 15) is 4.79 Å². The molecule has 1 amide bonds. The number of fused-ring (bicyclic) bond motifs is 1. The van der Waals surface area contributed by atoms with Crippen molar-refractivity contribution in [3.05, 3.63) is 35.4 Å². The summed E-state index contributed by atoms with van der Waals surface area (Å²) in [6.45, 7) is 3.37. The smallest absolute Gasteiger partial charge is 0.243 e. The van der Waals surface area contributed by atoms with Gasteiger partial charge >= 0.3 is 0 Å². The number of carbonyl (C=O) groups excluding carboxylic acids is 1. The summed E-state index contributed by atoms with van der Waals surface area (Å²) in [7, 11) is 3.54. The second-order valence-corrected chi connectivity index (χ2v) is 9.74. The van der Waals surface area contributed by atoms with E-state index in [2.05, 4.69) is 46.8 Å². The van der Waals surface area contributed by atoms with Crippen LogP contribution in [0.1, 0.15) is 37.3 Å². The summed E-state index contributed by atoms with van der Waals surface area (Å²) in [4.78, 5) is 18.2. The van der Waals surface area contributed by atoms with E-state index in [0.29, 0.717) is 6.04 Å². The number of amides is 1. The van der Waals surface area contributed by atoms with Crippen LogP contribution >= 0.6 is 35.7 Å². The number of aliphatic imine (C=N–C) groups is 1. The maximum Gasteiger partial charge on any atom is 0.243 e. The molecule has 2 atom stereocenters. The number of benzene rings is 1. The largest absolute Gasteiger partial charge is 0.355 e. The lowest BCUT2D eigenvalue weighted by molar-refractivity contribution is -0.127. The molecule has 1 aromatic rings. The van der Waals surface area contributed by atoms with Crippen LogP contribution in [-0.4, -0.2) is 60.5 Å². The van der Waals surface area contributed by atoms with E-state index >= 15 is 0 Å². The molecule has 0 aromatic heterocycles. The molecule has 0 bridgehead atoms. The summed E-state index contributed by atoms with van der Waals surface area (Å²) in [5.41, 5.74) is 2.88. The Morgan fingerprint density at radius 2 is 2.07 bits per heavy atom. The molecule has 0 radical (unpaired) electrons. The van der Waals surface area contributed by atoms with Gasteiger partial charge in [-0.2, -0.15) is 11.8 Å². The van der Waals surface area contributed by atoms with Gasteiger partial charge in [0.2, 0.25) is 5.91 Å². The van der Waals surface area contributed by atoms with Gasteiger partial charge in [-0.3, -0.25) is 4.79 Å². The fourth-order valence-electron chi connectivity index (χ4n) is 3.70. The molecule has 1 saturated heterocycles. The van der Waals surface area contributed by atoms with Gasteiger partial charge in [-0.25, -0.2) is 4.99 Å². The van der Waals surface area contributed by atoms with Crippen LogP contribution in [0.15, 0.2) is 29.3 Å². The van der Waals surface area contributed by atoms with Gasteiger partial charge in [0.25, 0.3) is 0 Å². The molecule has 0 spiro atoms. The van der Waals surface area contributed by atoms with Crippen molar-refractivity contribution in [2.24, 2.45) is 4.99 Å². The first-order chi connectivity index (χ1) is 13.0. The third-order valence-corrected chi connectivity index (χ3v) is 7.03. The van der Waals surface area contributed by atoms with E-state index in [1.165, 1.54) is 29.7 Å². The van der Waals surface area contributed by atoms with Gasteiger partial charge in [0.15, 0.2) is 5.96 Å². The van der Waals surface area contributed by atoms with Crippen molar-refractivity contribution < 1.29 is 4.79 Å². The number of nitrogens with one attached hydrogen (secondary N) is 2. The van der Waals surface area contributed by atoms with Crippen LogP contribution in [0, 0.1) is 0 Å². The highest BCUT2D eigenvalue weighted by Gasteiger charge is 2.30. The summed E-state index contributed by atoms with van der Waals surface area (Å²) in [6, 6.07) is 9.03. The number of guanidine groups is 1. The minimum atomic E-state index is 0. The Hall–Kier alpha value is -0.960. The van der Waals surface area contributed by atoms with Crippen LogP contribution in [0.2, 0.25) is 0 Å². The minimum Gasteiger partial charge on any atom is -0.355 e. The van der Waals surface area contributed by atoms with Crippen LogP contribution in [0.25, 0.3) is 0 Å². The second-order valence-electron chi connectivity index (χ2n) is 8.06. The third kappa shape index (κ3) is 6.54. The van der Waals surface area contributed by atoms with E-state index < -0.39 is 0 Å². The van der Waals surface area contributed by atoms with E-state index in [1.54, 1.807) is 19.0 Å². The van der Waals surface area contributed by atoms with Crippen LogP contribution in [0.5, 0.6) is 0 Å². The lowest BCUT2D eigenvalue weighted by Gasteiger charge is -2.29. The number of carbonyl (C=O) groups is 1. The molecule has 156 valence electrons. The van der Waals surface area contributed by atoms with E-state index in [1.807, 2.05) is 11.8 Å². The van der Waals surface area contributed by atoms with E-state index in [-0.39, 0.29) is 41.2 Å². The first-order valence-electron chi connectivity index (χ1n) is 9.91. The Labute approximate surface area is 190 Å². The van der Waals surface area contributed by atoms with Crippen molar-refractivity contribution in [2.75, 3.05) is 32.9 Å². The standard InChI is InChI=1S/C21H32N4OS.HI/c1-21(11-6-12-27-21)15-23-20(22-14-19(26)25(2)3)24-18-10-9-16-7-4-5-8-17(16)13-18;/h4-5,7-8,18H,6,9-15H2,1-3H3,(H2,22,23,24);1H. The molecular formula is C21H33IN4OS. The van der Waals surface area contributed by atoms with Crippen molar-refractivity contribution in [2.45, 2.75) is 49.8 Å². The molecule has 7 heteroatoms. The lowest BCUT2D eigenvalue weighted by atomic mass is 9.88. The predicted octanol–water partition coefficient (Wildman–Crippen LogP) is 3.07. The number of halogens is 1. The zero-order valence-corrected chi connectivity index (χ0v) is 20.3. The maximum atomic E-state index is 12.0. The first-order valence-corrected chi connectivity index (χ1v) is 10.9. The zero-order chi connectivity index (χ0) is 19.3. The Balaban J connectivity index is 0.00000280. The number of likely N-dealkylation sites (N-methyl/N-ethyl adjacent to an activating group) is 1. The molecule has 1 aromatic carbocycles. The van der Waals surface area contributed by atoms with Gasteiger partial charge in [-0.05, 0) is 55.9 Å². The van der Waals surface area contributed by atoms with Crippen molar-refractivity contribution in [1.29, 1.82) is 0 Å². The van der Waals surface area contributed by atoms with E-state index in [0.717, 1.165) is 31.8 Å². The second kappa shape index (κ2) is 10.7. The molecule has 3 rings (SSSR count). The average Bonchev–Trinajstić information content (AvgIpc) is 3.10. The molecule has 1 aliphatic carbocycles. The predicted molar refractivity (Wildman–Crippen MR) is 130 cm³/mol. The summed E-state index contributed by atoms with van der Waals surface area (Å²) >= 11 is 2.03. The highest BCUT2D eigenvalue weighted by molar-refractivity contribution is 14.0. The Morgan fingerprint density at radius 3 is 2.75 bits per heavy atom. The van der Waals surface area contributed by atoms with Crippen LogP contribution in [0.4, 0.5) is 0 Å². The van der Waals surface area contributed by atoms with Crippen LogP contribution in [0.3, 0.4) is 0 Å². The van der Waals surface area contributed by atoms with Crippen molar-refractivity contribution in [1.82, 2.24) is 15.5 Å². The number of nitrogens with zero attached hydrogens (tertiary/aromatic N) is 2. The number of hydrogen-bond acceptors (Lipinski definition) is 3. The molecule has 28 heavy (non-hydrogen) atoms. The fraction of sp³-hybridized carbons (Fsp3) is 0.619. The van der Waals surface area contributed by atoms with Crippen molar-refractivity contribution >= 4 is 47.6 Å². The number of hydrogen-bond donors (Lipinski definition) is 2. The molecule has 2 aliphatic rings. The van der Waals surface area contributed by atoms with Gasteiger partial charge in [-0.1, -0.05) is 24.3 Å². The minimum absolute atomic E-state index is 0. The molecule has 1 fully saturated rings. The highest BCUT2D eigenvalue weighted by atomic mass is 127.